The van der Waals surface area contributed by atoms with E-state index in [4.69, 9.17) is 0 Å². The van der Waals surface area contributed by atoms with Gasteiger partial charge in [-0.05, 0) is 37.8 Å². The summed E-state index contributed by atoms with van der Waals surface area (Å²) < 4.78 is 115. The number of hydrogen-bond donors (Lipinski definition) is 0. The van der Waals surface area contributed by atoms with E-state index in [9.17, 15) is 43.9 Å². The van der Waals surface area contributed by atoms with Crippen LogP contribution in [-0.4, -0.2) is 60.1 Å². The van der Waals surface area contributed by atoms with Crippen LogP contribution >= 0.6 is 0 Å². The quantitative estimate of drug-likeness (QED) is 0.119. The summed E-state index contributed by atoms with van der Waals surface area (Å²) in [5.41, 5.74) is 0. The fraction of sp³-hybridized carbons (Fsp3) is 0.500. The molecule has 44 heavy (non-hydrogen) atoms. The van der Waals surface area contributed by atoms with Crippen LogP contribution in [0.4, 0.5) is 0 Å². The molecule has 0 aliphatic heterocycles. The molecule has 0 heterocycles. The SMILES string of the molecule is CCCOS(=O)(=O)c1cccc([O-])c1S(=O)(=O)OCCC.CCCOS(=O)(=O)c1cccc([O-])c1S(=O)(=O)OCCC.[Na+].[Na+]. The molecule has 0 amide bonds. The molecular weight excluding hydrogens is 686 g/mol. The van der Waals surface area contributed by atoms with Crippen molar-refractivity contribution in [3.05, 3.63) is 36.4 Å². The van der Waals surface area contributed by atoms with Crippen LogP contribution < -0.4 is 69.3 Å². The summed E-state index contributed by atoms with van der Waals surface area (Å²) in [6, 6.07) is 6.25. The van der Waals surface area contributed by atoms with Crippen molar-refractivity contribution in [2.75, 3.05) is 26.4 Å². The molecule has 240 valence electrons. The molecule has 0 radical (unpaired) electrons. The van der Waals surface area contributed by atoms with E-state index in [-0.39, 0.29) is 85.5 Å². The summed E-state index contributed by atoms with van der Waals surface area (Å²) in [5, 5.41) is 23.6. The molecule has 0 saturated carbocycles. The third kappa shape index (κ3) is 13.4. The predicted molar refractivity (Wildman–Crippen MR) is 145 cm³/mol. The van der Waals surface area contributed by atoms with E-state index in [0.717, 1.165) is 36.4 Å². The maximum atomic E-state index is 12.0. The zero-order valence-electron chi connectivity index (χ0n) is 25.5. The van der Waals surface area contributed by atoms with E-state index in [1.165, 1.54) is 0 Å². The monoisotopic (exact) mass is 720 g/mol. The van der Waals surface area contributed by atoms with Gasteiger partial charge in [-0.3, -0.25) is 16.7 Å². The van der Waals surface area contributed by atoms with Gasteiger partial charge in [-0.15, -0.1) is 0 Å². The molecule has 0 aliphatic carbocycles. The van der Waals surface area contributed by atoms with Crippen LogP contribution in [0.25, 0.3) is 0 Å². The van der Waals surface area contributed by atoms with Crippen LogP contribution in [0.2, 0.25) is 0 Å². The summed E-state index contributed by atoms with van der Waals surface area (Å²) in [6.07, 6.45) is 1.64. The first-order chi connectivity index (χ1) is 19.5. The van der Waals surface area contributed by atoms with Gasteiger partial charge in [0.15, 0.2) is 0 Å². The Morgan fingerprint density at radius 3 is 0.977 bits per heavy atom. The molecule has 2 rings (SSSR count). The molecule has 14 nitrogen and oxygen atoms in total. The van der Waals surface area contributed by atoms with Crippen LogP contribution in [0.1, 0.15) is 53.4 Å². The van der Waals surface area contributed by atoms with Crippen LogP contribution in [0.15, 0.2) is 56.0 Å². The molecular formula is C24H34Na2O14S4. The normalized spacial score (nSPS) is 11.9. The third-order valence-electron chi connectivity index (χ3n) is 4.69. The van der Waals surface area contributed by atoms with E-state index < -0.39 is 71.6 Å². The Morgan fingerprint density at radius 1 is 0.477 bits per heavy atom. The first-order valence-electron chi connectivity index (χ1n) is 12.7. The van der Waals surface area contributed by atoms with Crippen molar-refractivity contribution < 1.29 is 120 Å². The molecule has 2 aromatic rings. The zero-order valence-corrected chi connectivity index (χ0v) is 32.7. The van der Waals surface area contributed by atoms with Crippen LogP contribution in [0, 0.1) is 0 Å². The largest absolute Gasteiger partial charge is 1.00 e. The topological polar surface area (TPSA) is 220 Å². The average molecular weight is 721 g/mol. The molecule has 0 N–H and O–H groups in total. The van der Waals surface area contributed by atoms with Crippen molar-refractivity contribution in [1.82, 2.24) is 0 Å². The van der Waals surface area contributed by atoms with Gasteiger partial charge in [-0.25, -0.2) is 0 Å². The van der Waals surface area contributed by atoms with Gasteiger partial charge in [0.1, 0.15) is 19.6 Å². The fourth-order valence-electron chi connectivity index (χ4n) is 2.89. The van der Waals surface area contributed by atoms with Gasteiger partial charge in [-0.1, -0.05) is 63.5 Å². The summed E-state index contributed by atoms with van der Waals surface area (Å²) >= 11 is 0. The van der Waals surface area contributed by atoms with E-state index in [1.54, 1.807) is 27.7 Å². The Hall–Kier alpha value is -0.320. The number of rotatable bonds is 16. The van der Waals surface area contributed by atoms with Crippen molar-refractivity contribution in [3.63, 3.8) is 0 Å². The molecule has 0 fully saturated rings. The van der Waals surface area contributed by atoms with E-state index in [0.29, 0.717) is 25.7 Å². The third-order valence-corrected chi connectivity index (χ3v) is 10.5. The Balaban J connectivity index is 0. The average Bonchev–Trinajstić information content (AvgIpc) is 2.92. The van der Waals surface area contributed by atoms with Gasteiger partial charge < -0.3 is 10.2 Å². The van der Waals surface area contributed by atoms with Crippen molar-refractivity contribution in [1.29, 1.82) is 0 Å². The predicted octanol–water partition coefficient (Wildman–Crippen LogP) is -4.01. The summed E-state index contributed by atoms with van der Waals surface area (Å²) in [7, 11) is -17.6. The molecule has 0 atom stereocenters. The molecule has 20 heteroatoms. The Kier molecular flexibility index (Phi) is 21.7. The van der Waals surface area contributed by atoms with Gasteiger partial charge in [0.2, 0.25) is 0 Å². The molecule has 0 unspecified atom stereocenters. The second kappa shape index (κ2) is 20.8. The van der Waals surface area contributed by atoms with Crippen molar-refractivity contribution >= 4 is 40.5 Å². The first kappa shape index (κ1) is 45.8. The first-order valence-corrected chi connectivity index (χ1v) is 18.3. The van der Waals surface area contributed by atoms with Gasteiger partial charge in [0, 0.05) is 0 Å². The van der Waals surface area contributed by atoms with Crippen molar-refractivity contribution in [2.24, 2.45) is 0 Å². The minimum atomic E-state index is -4.46. The molecule has 0 aliphatic rings. The molecule has 0 bridgehead atoms. The van der Waals surface area contributed by atoms with Crippen LogP contribution in [0.5, 0.6) is 11.5 Å². The van der Waals surface area contributed by atoms with E-state index in [1.807, 2.05) is 0 Å². The Bertz CT molecular complexity index is 1490. The van der Waals surface area contributed by atoms with Crippen LogP contribution in [0.3, 0.4) is 0 Å². The van der Waals surface area contributed by atoms with Crippen molar-refractivity contribution in [2.45, 2.75) is 73.0 Å². The van der Waals surface area contributed by atoms with Gasteiger partial charge in [0.05, 0.1) is 26.4 Å². The van der Waals surface area contributed by atoms with Gasteiger partial charge in [-0.2, -0.15) is 33.7 Å². The maximum Gasteiger partial charge on any atom is 1.00 e. The minimum absolute atomic E-state index is 0. The summed E-state index contributed by atoms with van der Waals surface area (Å²) in [4.78, 5) is -3.21. The summed E-state index contributed by atoms with van der Waals surface area (Å²) in [6.45, 7) is 6.24. The Morgan fingerprint density at radius 2 is 0.727 bits per heavy atom. The molecule has 0 spiro atoms. The second-order valence-corrected chi connectivity index (χ2v) is 14.5. The number of benzene rings is 2. The summed E-state index contributed by atoms with van der Waals surface area (Å²) in [5.74, 6) is -1.90. The maximum absolute atomic E-state index is 12.0. The van der Waals surface area contributed by atoms with E-state index >= 15 is 0 Å². The number of hydrogen-bond acceptors (Lipinski definition) is 14. The van der Waals surface area contributed by atoms with E-state index in [2.05, 4.69) is 16.7 Å². The molecule has 2 aromatic carbocycles. The minimum Gasteiger partial charge on any atom is -0.871 e. The standard InChI is InChI=1S/2C12H18O7S2.2Na/c2*1-3-8-18-20(14,15)11-7-5-6-10(13)12(11)21(16,17)19-9-4-2;;/h2*5-7,13H,3-4,8-9H2,1-2H3;;/q;;2*+1/p-2. The van der Waals surface area contributed by atoms with Gasteiger partial charge >= 0.3 is 59.1 Å². The van der Waals surface area contributed by atoms with Crippen LogP contribution in [-0.2, 0) is 57.2 Å². The molecule has 0 aromatic heterocycles. The smallest absolute Gasteiger partial charge is 0.871 e. The van der Waals surface area contributed by atoms with Crippen molar-refractivity contribution in [3.8, 4) is 11.5 Å². The molecule has 0 saturated heterocycles. The Labute approximate surface area is 304 Å². The zero-order chi connectivity index (χ0) is 32.2. The second-order valence-electron chi connectivity index (χ2n) is 8.27. The van der Waals surface area contributed by atoms with Gasteiger partial charge in [0.25, 0.3) is 40.5 Å². The fourth-order valence-corrected chi connectivity index (χ4v) is 8.56.